The van der Waals surface area contributed by atoms with Gasteiger partial charge in [-0.15, -0.1) is 0 Å². The highest BCUT2D eigenvalue weighted by atomic mass is 35.5. The molecule has 1 atom stereocenters. The first-order valence-corrected chi connectivity index (χ1v) is 12.7. The molecule has 33 heavy (non-hydrogen) atoms. The number of sulfonamides is 1. The number of halogens is 1. The molecule has 172 valence electrons. The zero-order chi connectivity index (χ0) is 23.6. The molecule has 8 heteroatoms. The third kappa shape index (κ3) is 5.21. The molecule has 1 aliphatic carbocycles. The third-order valence-corrected chi connectivity index (χ3v) is 7.45. The maximum Gasteiger partial charge on any atom is 0.256 e. The van der Waals surface area contributed by atoms with Crippen molar-refractivity contribution in [2.75, 3.05) is 18.2 Å². The second-order valence-corrected chi connectivity index (χ2v) is 10.4. The Bertz CT molecular complexity index is 1290. The van der Waals surface area contributed by atoms with Gasteiger partial charge in [0.25, 0.3) is 5.91 Å². The van der Waals surface area contributed by atoms with Gasteiger partial charge in [0.1, 0.15) is 5.75 Å². The van der Waals surface area contributed by atoms with Gasteiger partial charge < -0.3 is 10.1 Å². The van der Waals surface area contributed by atoms with Crippen LogP contribution in [0.2, 0.25) is 5.02 Å². The second kappa shape index (κ2) is 9.55. The van der Waals surface area contributed by atoms with Crippen molar-refractivity contribution >= 4 is 33.2 Å². The number of amides is 1. The Morgan fingerprint density at radius 3 is 2.48 bits per heavy atom. The van der Waals surface area contributed by atoms with Gasteiger partial charge in [-0.3, -0.25) is 4.79 Å². The Labute approximate surface area is 199 Å². The SMILES string of the molecule is CCS(=O)(=O)NC1Cc2ccc(NC(=O)c3cccc(OC)c3-c3ccc(Cl)cc3)cc2C1. The number of fused-ring (bicyclic) bond motifs is 1. The summed E-state index contributed by atoms with van der Waals surface area (Å²) in [6, 6.07) is 18.1. The van der Waals surface area contributed by atoms with E-state index in [0.29, 0.717) is 40.4 Å². The van der Waals surface area contributed by atoms with Crippen LogP contribution < -0.4 is 14.8 Å². The number of hydrogen-bond donors (Lipinski definition) is 2. The Balaban J connectivity index is 1.58. The predicted molar refractivity (Wildman–Crippen MR) is 132 cm³/mol. The molecule has 1 aliphatic rings. The highest BCUT2D eigenvalue weighted by molar-refractivity contribution is 7.89. The predicted octanol–water partition coefficient (Wildman–Crippen LogP) is 4.67. The summed E-state index contributed by atoms with van der Waals surface area (Å²) in [5, 5.41) is 3.58. The molecule has 3 aromatic rings. The lowest BCUT2D eigenvalue weighted by atomic mass is 9.97. The average Bonchev–Trinajstić information content (AvgIpc) is 3.19. The minimum atomic E-state index is -3.27. The van der Waals surface area contributed by atoms with Crippen LogP contribution in [0.5, 0.6) is 5.75 Å². The number of benzene rings is 3. The number of methoxy groups -OCH3 is 1. The van der Waals surface area contributed by atoms with E-state index in [1.165, 1.54) is 0 Å². The Morgan fingerprint density at radius 2 is 1.79 bits per heavy atom. The first-order valence-electron chi connectivity index (χ1n) is 10.7. The number of rotatable bonds is 7. The Morgan fingerprint density at radius 1 is 1.06 bits per heavy atom. The number of hydrogen-bond acceptors (Lipinski definition) is 4. The molecule has 0 fully saturated rings. The van der Waals surface area contributed by atoms with Gasteiger partial charge in [-0.2, -0.15) is 0 Å². The van der Waals surface area contributed by atoms with Crippen molar-refractivity contribution in [3.05, 3.63) is 82.4 Å². The van der Waals surface area contributed by atoms with Crippen LogP contribution in [-0.2, 0) is 22.9 Å². The van der Waals surface area contributed by atoms with Gasteiger partial charge in [-0.05, 0) is 72.9 Å². The van der Waals surface area contributed by atoms with E-state index in [-0.39, 0.29) is 17.7 Å². The van der Waals surface area contributed by atoms with Crippen LogP contribution in [0.1, 0.15) is 28.4 Å². The van der Waals surface area contributed by atoms with Crippen molar-refractivity contribution in [1.29, 1.82) is 0 Å². The summed E-state index contributed by atoms with van der Waals surface area (Å²) in [4.78, 5) is 13.2. The average molecular weight is 485 g/mol. The summed E-state index contributed by atoms with van der Waals surface area (Å²) >= 11 is 6.03. The summed E-state index contributed by atoms with van der Waals surface area (Å²) in [5.41, 5.74) is 4.75. The van der Waals surface area contributed by atoms with Gasteiger partial charge >= 0.3 is 0 Å². The minimum absolute atomic E-state index is 0.0532. The van der Waals surface area contributed by atoms with E-state index in [2.05, 4.69) is 10.0 Å². The van der Waals surface area contributed by atoms with E-state index in [1.54, 1.807) is 38.3 Å². The Kier molecular flexibility index (Phi) is 6.74. The zero-order valence-electron chi connectivity index (χ0n) is 18.4. The molecule has 0 heterocycles. The lowest BCUT2D eigenvalue weighted by Gasteiger charge is -2.15. The second-order valence-electron chi connectivity index (χ2n) is 7.95. The molecule has 0 spiro atoms. The molecule has 4 rings (SSSR count). The molecule has 2 N–H and O–H groups in total. The zero-order valence-corrected chi connectivity index (χ0v) is 20.0. The van der Waals surface area contributed by atoms with Gasteiger partial charge in [0, 0.05) is 22.3 Å². The molecule has 0 aromatic heterocycles. The molecular weight excluding hydrogens is 460 g/mol. The molecular formula is C25H25ClN2O4S. The van der Waals surface area contributed by atoms with Gasteiger partial charge in [0.15, 0.2) is 0 Å². The maximum atomic E-state index is 13.2. The van der Waals surface area contributed by atoms with E-state index >= 15 is 0 Å². The van der Waals surface area contributed by atoms with Gasteiger partial charge in [0.05, 0.1) is 18.4 Å². The van der Waals surface area contributed by atoms with Gasteiger partial charge in [-0.1, -0.05) is 35.9 Å². The van der Waals surface area contributed by atoms with Crippen molar-refractivity contribution in [3.8, 4) is 16.9 Å². The van der Waals surface area contributed by atoms with Crippen molar-refractivity contribution in [3.63, 3.8) is 0 Å². The van der Waals surface area contributed by atoms with Gasteiger partial charge in [0.2, 0.25) is 10.0 Å². The molecule has 0 aliphatic heterocycles. The molecule has 0 bridgehead atoms. The van der Waals surface area contributed by atoms with Crippen LogP contribution in [0.25, 0.3) is 11.1 Å². The molecule has 1 amide bonds. The fourth-order valence-electron chi connectivity index (χ4n) is 4.12. The highest BCUT2D eigenvalue weighted by Crippen LogP contribution is 2.35. The molecule has 0 radical (unpaired) electrons. The van der Waals surface area contributed by atoms with Crippen molar-refractivity contribution in [1.82, 2.24) is 4.72 Å². The minimum Gasteiger partial charge on any atom is -0.496 e. The fraction of sp³-hybridized carbons (Fsp3) is 0.240. The molecule has 6 nitrogen and oxygen atoms in total. The number of nitrogens with one attached hydrogen (secondary N) is 2. The van der Waals surface area contributed by atoms with Crippen LogP contribution in [0.3, 0.4) is 0 Å². The van der Waals surface area contributed by atoms with Crippen LogP contribution in [0.4, 0.5) is 5.69 Å². The van der Waals surface area contributed by atoms with E-state index in [9.17, 15) is 13.2 Å². The van der Waals surface area contributed by atoms with Crippen molar-refractivity contribution in [2.24, 2.45) is 0 Å². The number of ether oxygens (including phenoxy) is 1. The van der Waals surface area contributed by atoms with E-state index in [0.717, 1.165) is 16.7 Å². The van der Waals surface area contributed by atoms with E-state index < -0.39 is 10.0 Å². The summed E-state index contributed by atoms with van der Waals surface area (Å²) in [7, 11) is -1.70. The van der Waals surface area contributed by atoms with Crippen LogP contribution in [0, 0.1) is 0 Å². The van der Waals surface area contributed by atoms with Crippen LogP contribution in [0.15, 0.2) is 60.7 Å². The fourth-order valence-corrected chi connectivity index (χ4v) is 5.09. The summed E-state index contributed by atoms with van der Waals surface area (Å²) in [6.07, 6.45) is 1.23. The molecule has 1 unspecified atom stereocenters. The lowest BCUT2D eigenvalue weighted by molar-refractivity contribution is 0.102. The maximum absolute atomic E-state index is 13.2. The standard InChI is InChI=1S/C25H25ClN2O4S/c1-3-33(30,31)28-21-13-17-9-12-20(14-18(17)15-21)27-25(29)22-5-4-6-23(32-2)24(22)16-7-10-19(26)11-8-16/h4-12,14,21,28H,3,13,15H2,1-2H3,(H,27,29). The molecule has 0 saturated carbocycles. The molecule has 3 aromatic carbocycles. The first kappa shape index (κ1) is 23.3. The molecule has 0 saturated heterocycles. The highest BCUT2D eigenvalue weighted by Gasteiger charge is 2.25. The summed E-state index contributed by atoms with van der Waals surface area (Å²) < 4.78 is 32.1. The van der Waals surface area contributed by atoms with Crippen molar-refractivity contribution in [2.45, 2.75) is 25.8 Å². The smallest absolute Gasteiger partial charge is 0.256 e. The normalized spacial score (nSPS) is 15.2. The quantitative estimate of drug-likeness (QED) is 0.510. The Hall–Kier alpha value is -2.87. The van der Waals surface area contributed by atoms with E-state index in [1.807, 2.05) is 36.4 Å². The van der Waals surface area contributed by atoms with Crippen molar-refractivity contribution < 1.29 is 17.9 Å². The van der Waals surface area contributed by atoms with Gasteiger partial charge in [-0.25, -0.2) is 13.1 Å². The summed E-state index contributed by atoms with van der Waals surface area (Å²) in [6.45, 7) is 1.62. The monoisotopic (exact) mass is 484 g/mol. The van der Waals surface area contributed by atoms with Crippen LogP contribution >= 0.6 is 11.6 Å². The largest absolute Gasteiger partial charge is 0.496 e. The number of anilines is 1. The number of carbonyl (C=O) groups excluding carboxylic acids is 1. The number of carbonyl (C=O) groups is 1. The van der Waals surface area contributed by atoms with E-state index in [4.69, 9.17) is 16.3 Å². The lowest BCUT2D eigenvalue weighted by Crippen LogP contribution is -2.36. The first-order chi connectivity index (χ1) is 15.8. The third-order valence-electron chi connectivity index (χ3n) is 5.75. The van der Waals surface area contributed by atoms with Crippen LogP contribution in [-0.4, -0.2) is 33.2 Å². The summed E-state index contributed by atoms with van der Waals surface area (Å²) in [5.74, 6) is 0.377. The topological polar surface area (TPSA) is 84.5 Å².